The normalized spacial score (nSPS) is 19.0. The summed E-state index contributed by atoms with van der Waals surface area (Å²) in [4.78, 5) is 16.1. The van der Waals surface area contributed by atoms with Gasteiger partial charge in [0.15, 0.2) is 0 Å². The number of carboxylic acid groups (broad SMARTS) is 1. The predicted octanol–water partition coefficient (Wildman–Crippen LogP) is 2.99. The average Bonchev–Trinajstić information content (AvgIpc) is 3.06. The third-order valence-corrected chi connectivity index (χ3v) is 4.69. The van der Waals surface area contributed by atoms with Gasteiger partial charge in [0.1, 0.15) is 15.5 Å². The van der Waals surface area contributed by atoms with Gasteiger partial charge >= 0.3 is 5.97 Å². The Morgan fingerprint density at radius 3 is 2.71 bits per heavy atom. The van der Waals surface area contributed by atoms with Crippen LogP contribution in [0.1, 0.15) is 59.4 Å². The second-order valence-electron chi connectivity index (χ2n) is 4.60. The molecular formula is C12H17NO3S. The van der Waals surface area contributed by atoms with Crippen LogP contribution in [0, 0.1) is 0 Å². The number of aromatic carboxylic acids is 1. The van der Waals surface area contributed by atoms with Crippen LogP contribution in [0.5, 0.6) is 0 Å². The van der Waals surface area contributed by atoms with Crippen molar-refractivity contribution in [3.63, 3.8) is 0 Å². The van der Waals surface area contributed by atoms with Gasteiger partial charge in [-0.15, -0.1) is 11.3 Å². The van der Waals surface area contributed by atoms with E-state index in [4.69, 9.17) is 4.74 Å². The zero-order valence-electron chi connectivity index (χ0n) is 10.3. The first-order valence-electron chi connectivity index (χ1n) is 5.81. The number of hydrogen-bond acceptors (Lipinski definition) is 4. The Bertz CT molecular complexity index is 433. The van der Waals surface area contributed by atoms with Crippen molar-refractivity contribution in [2.45, 2.75) is 44.6 Å². The van der Waals surface area contributed by atoms with Crippen LogP contribution in [0.25, 0.3) is 0 Å². The van der Waals surface area contributed by atoms with Crippen molar-refractivity contribution in [3.05, 3.63) is 15.6 Å². The zero-order chi connectivity index (χ0) is 12.6. The first kappa shape index (κ1) is 12.5. The van der Waals surface area contributed by atoms with Crippen LogP contribution in [0.4, 0.5) is 0 Å². The molecule has 0 amide bonds. The third kappa shape index (κ3) is 2.21. The highest BCUT2D eigenvalue weighted by Gasteiger charge is 2.36. The molecule has 1 aliphatic carbocycles. The number of nitrogens with zero attached hydrogens (tertiary/aromatic N) is 1. The summed E-state index contributed by atoms with van der Waals surface area (Å²) in [5.74, 6) is -0.519. The molecule has 0 saturated heterocycles. The van der Waals surface area contributed by atoms with Gasteiger partial charge in [-0.2, -0.15) is 0 Å². The molecule has 0 aromatic carbocycles. The fraction of sp³-hybridized carbons (Fsp3) is 0.667. The Hall–Kier alpha value is -0.940. The fourth-order valence-electron chi connectivity index (χ4n) is 1.73. The number of rotatable bonds is 5. The summed E-state index contributed by atoms with van der Waals surface area (Å²) in [6.45, 7) is 3.97. The minimum atomic E-state index is -0.870. The number of carbonyl (C=O) groups is 1. The first-order valence-corrected chi connectivity index (χ1v) is 6.63. The van der Waals surface area contributed by atoms with Crippen LogP contribution in [0.3, 0.4) is 0 Å². The van der Waals surface area contributed by atoms with Gasteiger partial charge in [0.05, 0.1) is 5.69 Å². The maximum Gasteiger partial charge on any atom is 0.347 e. The first-order chi connectivity index (χ1) is 8.01. The van der Waals surface area contributed by atoms with Crippen LogP contribution in [0.2, 0.25) is 0 Å². The lowest BCUT2D eigenvalue weighted by Crippen LogP contribution is -2.22. The molecule has 0 aliphatic heterocycles. The number of carboxylic acids is 1. The van der Waals surface area contributed by atoms with Crippen LogP contribution in [-0.4, -0.2) is 23.2 Å². The van der Waals surface area contributed by atoms with Crippen molar-refractivity contribution < 1.29 is 14.6 Å². The molecule has 1 fully saturated rings. The van der Waals surface area contributed by atoms with Crippen molar-refractivity contribution in [2.75, 3.05) is 7.11 Å². The molecule has 1 unspecified atom stereocenters. The van der Waals surface area contributed by atoms with Gasteiger partial charge in [-0.3, -0.25) is 0 Å². The van der Waals surface area contributed by atoms with E-state index in [1.165, 1.54) is 11.3 Å². The highest BCUT2D eigenvalue weighted by molar-refractivity contribution is 7.13. The lowest BCUT2D eigenvalue weighted by Gasteiger charge is -2.23. The minimum Gasteiger partial charge on any atom is -0.477 e. The number of ether oxygens (including phenoxy) is 1. The lowest BCUT2D eigenvalue weighted by molar-refractivity contribution is -0.00166. The van der Waals surface area contributed by atoms with Crippen LogP contribution in [-0.2, 0) is 10.3 Å². The molecule has 4 nitrogen and oxygen atoms in total. The third-order valence-electron chi connectivity index (χ3n) is 3.39. The van der Waals surface area contributed by atoms with Gasteiger partial charge in [-0.1, -0.05) is 6.92 Å². The molecule has 0 radical (unpaired) electrons. The van der Waals surface area contributed by atoms with E-state index in [1.54, 1.807) is 7.11 Å². The summed E-state index contributed by atoms with van der Waals surface area (Å²) in [5.41, 5.74) is 0.288. The molecule has 1 aliphatic rings. The Labute approximate surface area is 105 Å². The van der Waals surface area contributed by atoms with Crippen LogP contribution >= 0.6 is 11.3 Å². The summed E-state index contributed by atoms with van der Waals surface area (Å²) in [5, 5.41) is 9.98. The Morgan fingerprint density at radius 2 is 2.29 bits per heavy atom. The van der Waals surface area contributed by atoms with E-state index >= 15 is 0 Å². The van der Waals surface area contributed by atoms with Gasteiger partial charge in [-0.25, -0.2) is 9.78 Å². The predicted molar refractivity (Wildman–Crippen MR) is 65.7 cm³/mol. The molecule has 5 heteroatoms. The summed E-state index contributed by atoms with van der Waals surface area (Å²) in [6.07, 6.45) is 2.89. The molecule has 1 saturated carbocycles. The van der Waals surface area contributed by atoms with E-state index in [0.29, 0.717) is 10.8 Å². The standard InChI is InChI=1S/C12H17NO3S/c1-4-12(2,16-3)11-13-8(7-5-6-7)9(17-11)10(14)15/h7H,4-6H2,1-3H3,(H,14,15). The topological polar surface area (TPSA) is 59.4 Å². The zero-order valence-corrected chi connectivity index (χ0v) is 11.1. The minimum absolute atomic E-state index is 0.351. The monoisotopic (exact) mass is 255 g/mol. The summed E-state index contributed by atoms with van der Waals surface area (Å²) in [7, 11) is 1.64. The van der Waals surface area contributed by atoms with E-state index in [2.05, 4.69) is 4.98 Å². The maximum absolute atomic E-state index is 11.2. The molecule has 1 heterocycles. The summed E-state index contributed by atoms with van der Waals surface area (Å²) < 4.78 is 5.48. The number of hydrogen-bond donors (Lipinski definition) is 1. The highest BCUT2D eigenvalue weighted by atomic mass is 32.1. The quantitative estimate of drug-likeness (QED) is 0.878. The smallest absolute Gasteiger partial charge is 0.347 e. The van der Waals surface area contributed by atoms with E-state index in [0.717, 1.165) is 30.0 Å². The SMILES string of the molecule is CCC(C)(OC)c1nc(C2CC2)c(C(=O)O)s1. The van der Waals surface area contributed by atoms with E-state index in [9.17, 15) is 9.90 Å². The summed E-state index contributed by atoms with van der Waals surface area (Å²) in [6, 6.07) is 0. The summed E-state index contributed by atoms with van der Waals surface area (Å²) >= 11 is 1.26. The van der Waals surface area contributed by atoms with Crippen molar-refractivity contribution in [3.8, 4) is 0 Å². The number of aromatic nitrogens is 1. The van der Waals surface area contributed by atoms with Gasteiger partial charge in [0.25, 0.3) is 0 Å². The molecular weight excluding hydrogens is 238 g/mol. The van der Waals surface area contributed by atoms with Crippen molar-refractivity contribution in [1.29, 1.82) is 0 Å². The maximum atomic E-state index is 11.2. The molecule has 1 aromatic heterocycles. The van der Waals surface area contributed by atoms with E-state index in [1.807, 2.05) is 13.8 Å². The Kier molecular flexibility index (Phi) is 3.23. The molecule has 2 rings (SSSR count). The Balaban J connectivity index is 2.42. The Morgan fingerprint density at radius 1 is 1.65 bits per heavy atom. The largest absolute Gasteiger partial charge is 0.477 e. The number of thiazole rings is 1. The van der Waals surface area contributed by atoms with E-state index in [-0.39, 0.29) is 0 Å². The average molecular weight is 255 g/mol. The second kappa shape index (κ2) is 4.38. The van der Waals surface area contributed by atoms with Crippen LogP contribution in [0.15, 0.2) is 0 Å². The molecule has 1 aromatic rings. The molecule has 0 spiro atoms. The van der Waals surface area contributed by atoms with Gasteiger partial charge in [0, 0.05) is 13.0 Å². The van der Waals surface area contributed by atoms with E-state index < -0.39 is 11.6 Å². The molecule has 1 atom stereocenters. The highest BCUT2D eigenvalue weighted by Crippen LogP contribution is 2.44. The molecule has 17 heavy (non-hydrogen) atoms. The second-order valence-corrected chi connectivity index (χ2v) is 5.60. The fourth-order valence-corrected chi connectivity index (χ4v) is 2.91. The van der Waals surface area contributed by atoms with Crippen molar-refractivity contribution in [2.24, 2.45) is 0 Å². The van der Waals surface area contributed by atoms with Crippen molar-refractivity contribution in [1.82, 2.24) is 4.98 Å². The van der Waals surface area contributed by atoms with Crippen LogP contribution < -0.4 is 0 Å². The van der Waals surface area contributed by atoms with Crippen molar-refractivity contribution >= 4 is 17.3 Å². The van der Waals surface area contributed by atoms with Gasteiger partial charge in [-0.05, 0) is 26.2 Å². The molecule has 0 bridgehead atoms. The van der Waals surface area contributed by atoms with Gasteiger partial charge in [0.2, 0.25) is 0 Å². The molecule has 94 valence electrons. The number of methoxy groups -OCH3 is 1. The molecule has 1 N–H and O–H groups in total. The van der Waals surface area contributed by atoms with Gasteiger partial charge < -0.3 is 9.84 Å². The lowest BCUT2D eigenvalue weighted by atomic mass is 10.0.